The van der Waals surface area contributed by atoms with E-state index in [0.717, 1.165) is 5.56 Å². The number of amides is 1. The number of nitriles is 1. The van der Waals surface area contributed by atoms with Crippen LogP contribution in [0, 0.1) is 11.3 Å². The van der Waals surface area contributed by atoms with E-state index in [0.29, 0.717) is 23.7 Å². The zero-order valence-corrected chi connectivity index (χ0v) is 13.8. The van der Waals surface area contributed by atoms with Crippen LogP contribution in [-0.4, -0.2) is 19.1 Å². The topological polar surface area (TPSA) is 71.3 Å². The van der Waals surface area contributed by atoms with Gasteiger partial charge in [0.15, 0.2) is 18.1 Å². The van der Waals surface area contributed by atoms with E-state index in [2.05, 4.69) is 11.4 Å². The third kappa shape index (κ3) is 4.75. The van der Waals surface area contributed by atoms with Crippen LogP contribution in [0.3, 0.4) is 0 Å². The van der Waals surface area contributed by atoms with Gasteiger partial charge in [-0.2, -0.15) is 5.26 Å². The summed E-state index contributed by atoms with van der Waals surface area (Å²) in [5.74, 6) is 0.937. The molecule has 2 aromatic rings. The fraction of sp³-hybridized carbons (Fsp3) is 0.263. The third-order valence-corrected chi connectivity index (χ3v) is 3.43. The molecule has 0 radical (unpaired) electrons. The van der Waals surface area contributed by atoms with Gasteiger partial charge in [0, 0.05) is 0 Å². The number of carbonyl (C=O) groups excluding carboxylic acids is 1. The summed E-state index contributed by atoms with van der Waals surface area (Å²) < 4.78 is 11.0. The predicted octanol–water partition coefficient (Wildman–Crippen LogP) is 3.21. The SMILES string of the molecule is CCOc1ccccc1OCC(=O)NC(C)c1ccc(C#N)cc1. The Bertz CT molecular complexity index is 720. The summed E-state index contributed by atoms with van der Waals surface area (Å²) in [6.07, 6.45) is 0. The number of nitrogens with zero attached hydrogens (tertiary/aromatic N) is 1. The molecule has 124 valence electrons. The summed E-state index contributed by atoms with van der Waals surface area (Å²) >= 11 is 0. The van der Waals surface area contributed by atoms with E-state index in [1.807, 2.05) is 38.1 Å². The van der Waals surface area contributed by atoms with Gasteiger partial charge in [-0.05, 0) is 43.7 Å². The number of ether oxygens (including phenoxy) is 2. The molecule has 0 aliphatic carbocycles. The molecule has 0 fully saturated rings. The van der Waals surface area contributed by atoms with Crippen LogP contribution < -0.4 is 14.8 Å². The van der Waals surface area contributed by atoms with Gasteiger partial charge in [-0.25, -0.2) is 0 Å². The molecular weight excluding hydrogens is 304 g/mol. The fourth-order valence-corrected chi connectivity index (χ4v) is 2.20. The molecule has 2 rings (SSSR count). The number of hydrogen-bond acceptors (Lipinski definition) is 4. The molecule has 1 unspecified atom stereocenters. The highest BCUT2D eigenvalue weighted by atomic mass is 16.5. The van der Waals surface area contributed by atoms with Crippen LogP contribution in [0.25, 0.3) is 0 Å². The van der Waals surface area contributed by atoms with Crippen LogP contribution in [0.2, 0.25) is 0 Å². The van der Waals surface area contributed by atoms with Crippen molar-refractivity contribution in [3.8, 4) is 17.6 Å². The molecule has 1 atom stereocenters. The zero-order valence-electron chi connectivity index (χ0n) is 13.8. The van der Waals surface area contributed by atoms with Crippen molar-refractivity contribution in [2.24, 2.45) is 0 Å². The minimum atomic E-state index is -0.224. The molecule has 0 bridgehead atoms. The van der Waals surface area contributed by atoms with Crippen LogP contribution in [0.5, 0.6) is 11.5 Å². The van der Waals surface area contributed by atoms with E-state index in [4.69, 9.17) is 14.7 Å². The van der Waals surface area contributed by atoms with Crippen molar-refractivity contribution >= 4 is 5.91 Å². The zero-order chi connectivity index (χ0) is 17.4. The average Bonchev–Trinajstić information content (AvgIpc) is 2.61. The van der Waals surface area contributed by atoms with E-state index in [-0.39, 0.29) is 18.6 Å². The first-order chi connectivity index (χ1) is 11.6. The molecule has 5 heteroatoms. The van der Waals surface area contributed by atoms with Crippen molar-refractivity contribution in [2.75, 3.05) is 13.2 Å². The Hall–Kier alpha value is -3.00. The van der Waals surface area contributed by atoms with Crippen molar-refractivity contribution in [2.45, 2.75) is 19.9 Å². The summed E-state index contributed by atoms with van der Waals surface area (Å²) in [7, 11) is 0. The van der Waals surface area contributed by atoms with Crippen molar-refractivity contribution < 1.29 is 14.3 Å². The van der Waals surface area contributed by atoms with Gasteiger partial charge in [-0.3, -0.25) is 4.79 Å². The summed E-state index contributed by atoms with van der Waals surface area (Å²) in [6, 6.07) is 16.3. The fourth-order valence-electron chi connectivity index (χ4n) is 2.20. The second kappa shape index (κ2) is 8.59. The minimum absolute atomic E-state index is 0.0926. The minimum Gasteiger partial charge on any atom is -0.490 e. The van der Waals surface area contributed by atoms with Gasteiger partial charge in [0.2, 0.25) is 0 Å². The summed E-state index contributed by atoms with van der Waals surface area (Å²) in [5, 5.41) is 11.7. The Morgan fingerprint density at radius 1 is 1.12 bits per heavy atom. The smallest absolute Gasteiger partial charge is 0.258 e. The molecule has 0 aliphatic rings. The maximum atomic E-state index is 12.1. The van der Waals surface area contributed by atoms with Crippen molar-refractivity contribution in [3.63, 3.8) is 0 Å². The molecule has 1 amide bonds. The molecule has 0 aliphatic heterocycles. The number of rotatable bonds is 7. The number of benzene rings is 2. The highest BCUT2D eigenvalue weighted by Crippen LogP contribution is 2.26. The molecule has 0 aromatic heterocycles. The second-order valence-corrected chi connectivity index (χ2v) is 5.19. The number of hydrogen-bond donors (Lipinski definition) is 1. The van der Waals surface area contributed by atoms with Crippen molar-refractivity contribution in [1.29, 1.82) is 5.26 Å². The standard InChI is InChI=1S/C19H20N2O3/c1-3-23-17-6-4-5-7-18(17)24-13-19(22)21-14(2)16-10-8-15(12-20)9-11-16/h4-11,14H,3,13H2,1-2H3,(H,21,22). The van der Waals surface area contributed by atoms with Crippen LogP contribution in [0.15, 0.2) is 48.5 Å². The van der Waals surface area contributed by atoms with Crippen LogP contribution in [0.1, 0.15) is 31.0 Å². The lowest BCUT2D eigenvalue weighted by molar-refractivity contribution is -0.123. The quantitative estimate of drug-likeness (QED) is 0.849. The van der Waals surface area contributed by atoms with Gasteiger partial charge in [0.1, 0.15) is 0 Å². The molecule has 1 N–H and O–H groups in total. The molecule has 2 aromatic carbocycles. The summed E-state index contributed by atoms with van der Waals surface area (Å²) in [6.45, 7) is 4.21. The van der Waals surface area contributed by atoms with Crippen molar-refractivity contribution in [3.05, 3.63) is 59.7 Å². The lowest BCUT2D eigenvalue weighted by atomic mass is 10.1. The summed E-state index contributed by atoms with van der Waals surface area (Å²) in [5.41, 5.74) is 1.52. The highest BCUT2D eigenvalue weighted by Gasteiger charge is 2.11. The first kappa shape index (κ1) is 17.4. The van der Waals surface area contributed by atoms with Gasteiger partial charge < -0.3 is 14.8 Å². The lowest BCUT2D eigenvalue weighted by Crippen LogP contribution is -2.31. The monoisotopic (exact) mass is 324 g/mol. The van der Waals surface area contributed by atoms with Crippen LogP contribution >= 0.6 is 0 Å². The second-order valence-electron chi connectivity index (χ2n) is 5.19. The highest BCUT2D eigenvalue weighted by molar-refractivity contribution is 5.78. The molecule has 0 spiro atoms. The number of carbonyl (C=O) groups is 1. The Morgan fingerprint density at radius 3 is 2.33 bits per heavy atom. The largest absolute Gasteiger partial charge is 0.490 e. The number of nitrogens with one attached hydrogen (secondary N) is 1. The molecule has 0 heterocycles. The van der Waals surface area contributed by atoms with Gasteiger partial charge in [0.05, 0.1) is 24.3 Å². The molecule has 0 saturated carbocycles. The van der Waals surface area contributed by atoms with Gasteiger partial charge in [-0.15, -0.1) is 0 Å². The predicted molar refractivity (Wildman–Crippen MR) is 90.8 cm³/mol. The third-order valence-electron chi connectivity index (χ3n) is 3.43. The maximum Gasteiger partial charge on any atom is 0.258 e. The van der Waals surface area contributed by atoms with Gasteiger partial charge in [-0.1, -0.05) is 24.3 Å². The maximum absolute atomic E-state index is 12.1. The molecule has 5 nitrogen and oxygen atoms in total. The van der Waals surface area contributed by atoms with Gasteiger partial charge >= 0.3 is 0 Å². The van der Waals surface area contributed by atoms with E-state index in [1.54, 1.807) is 24.3 Å². The van der Waals surface area contributed by atoms with Crippen LogP contribution in [-0.2, 0) is 4.79 Å². The first-order valence-electron chi connectivity index (χ1n) is 7.78. The van der Waals surface area contributed by atoms with Gasteiger partial charge in [0.25, 0.3) is 5.91 Å². The summed E-state index contributed by atoms with van der Waals surface area (Å²) in [4.78, 5) is 12.1. The normalized spacial score (nSPS) is 11.2. The van der Waals surface area contributed by atoms with Crippen LogP contribution in [0.4, 0.5) is 0 Å². The lowest BCUT2D eigenvalue weighted by Gasteiger charge is -2.15. The van der Waals surface area contributed by atoms with E-state index < -0.39 is 0 Å². The van der Waals surface area contributed by atoms with Crippen molar-refractivity contribution in [1.82, 2.24) is 5.32 Å². The first-order valence-corrected chi connectivity index (χ1v) is 7.78. The van der Waals surface area contributed by atoms with E-state index >= 15 is 0 Å². The Labute approximate surface area is 141 Å². The molecule has 0 saturated heterocycles. The van der Waals surface area contributed by atoms with E-state index in [1.165, 1.54) is 0 Å². The Balaban J connectivity index is 1.90. The molecule has 24 heavy (non-hydrogen) atoms. The Kier molecular flexibility index (Phi) is 6.21. The Morgan fingerprint density at radius 2 is 1.75 bits per heavy atom. The van der Waals surface area contributed by atoms with E-state index in [9.17, 15) is 4.79 Å². The number of para-hydroxylation sites is 2. The molecular formula is C19H20N2O3. The average molecular weight is 324 g/mol.